The molecule has 0 N–H and O–H groups in total. The molecule has 2 aromatic carbocycles. The molecule has 2 heterocycles. The number of thioether (sulfide) groups is 1. The van der Waals surface area contributed by atoms with Gasteiger partial charge in [0, 0.05) is 12.2 Å². The van der Waals surface area contributed by atoms with E-state index in [2.05, 4.69) is 58.9 Å². The fourth-order valence-corrected chi connectivity index (χ4v) is 5.24. The van der Waals surface area contributed by atoms with Crippen LogP contribution >= 0.6 is 11.8 Å². The van der Waals surface area contributed by atoms with Crippen molar-refractivity contribution < 1.29 is 4.79 Å². The Labute approximate surface area is 194 Å². The molecule has 4 rings (SSSR count). The standard InChI is InChI=1S/C25H31N5OS/c1-5-21(28(3)4)23-26-27-25(30(23)17-19-11-7-6-8-12-19)32-18(2)24(31)29-16-15-20-13-9-10-14-22(20)29/h6-14,18,21H,5,15-17H2,1-4H3/t18-,21+/m1/s1. The van der Waals surface area contributed by atoms with Crippen molar-refractivity contribution in [2.75, 3.05) is 25.5 Å². The van der Waals surface area contributed by atoms with Gasteiger partial charge in [-0.2, -0.15) is 0 Å². The third-order valence-corrected chi connectivity index (χ3v) is 7.09. The number of para-hydroxylation sites is 1. The highest BCUT2D eigenvalue weighted by Gasteiger charge is 2.30. The van der Waals surface area contributed by atoms with E-state index in [-0.39, 0.29) is 17.2 Å². The highest BCUT2D eigenvalue weighted by molar-refractivity contribution is 8.00. The van der Waals surface area contributed by atoms with Gasteiger partial charge in [0.2, 0.25) is 5.91 Å². The number of rotatable bonds is 8. The van der Waals surface area contributed by atoms with E-state index >= 15 is 0 Å². The molecule has 0 fully saturated rings. The van der Waals surface area contributed by atoms with Crippen LogP contribution in [0.2, 0.25) is 0 Å². The third-order valence-electron chi connectivity index (χ3n) is 6.02. The average Bonchev–Trinajstić information content (AvgIpc) is 3.39. The van der Waals surface area contributed by atoms with Crippen molar-refractivity contribution in [1.82, 2.24) is 19.7 Å². The van der Waals surface area contributed by atoms with Crippen LogP contribution in [0.15, 0.2) is 59.8 Å². The molecule has 0 unspecified atom stereocenters. The molecule has 0 radical (unpaired) electrons. The molecule has 0 saturated carbocycles. The van der Waals surface area contributed by atoms with Crippen molar-refractivity contribution in [1.29, 1.82) is 0 Å². The minimum atomic E-state index is -0.257. The maximum atomic E-state index is 13.3. The number of hydrogen-bond acceptors (Lipinski definition) is 5. The summed E-state index contributed by atoms with van der Waals surface area (Å²) in [6.07, 6.45) is 1.85. The predicted molar refractivity (Wildman–Crippen MR) is 130 cm³/mol. The predicted octanol–water partition coefficient (Wildman–Crippen LogP) is 4.41. The Morgan fingerprint density at radius 2 is 1.81 bits per heavy atom. The first-order valence-corrected chi connectivity index (χ1v) is 12.1. The van der Waals surface area contributed by atoms with Gasteiger partial charge in [0.05, 0.1) is 17.8 Å². The van der Waals surface area contributed by atoms with Crippen LogP contribution < -0.4 is 4.90 Å². The van der Waals surface area contributed by atoms with Gasteiger partial charge in [-0.15, -0.1) is 10.2 Å². The van der Waals surface area contributed by atoms with Crippen LogP contribution in [0, 0.1) is 0 Å². The lowest BCUT2D eigenvalue weighted by Crippen LogP contribution is -2.35. The maximum Gasteiger partial charge on any atom is 0.240 e. The molecule has 1 aliphatic heterocycles. The number of hydrogen-bond donors (Lipinski definition) is 0. The first-order chi connectivity index (χ1) is 15.5. The second-order valence-corrected chi connectivity index (χ2v) is 9.74. The van der Waals surface area contributed by atoms with Gasteiger partial charge in [-0.1, -0.05) is 67.2 Å². The van der Waals surface area contributed by atoms with E-state index in [9.17, 15) is 4.79 Å². The van der Waals surface area contributed by atoms with Crippen LogP contribution in [0.3, 0.4) is 0 Å². The van der Waals surface area contributed by atoms with E-state index < -0.39 is 0 Å². The summed E-state index contributed by atoms with van der Waals surface area (Å²) in [4.78, 5) is 17.4. The third kappa shape index (κ3) is 4.59. The summed E-state index contributed by atoms with van der Waals surface area (Å²) >= 11 is 1.50. The van der Waals surface area contributed by atoms with Gasteiger partial charge in [0.15, 0.2) is 11.0 Å². The highest BCUT2D eigenvalue weighted by Crippen LogP contribution is 2.32. The number of carbonyl (C=O) groups excluding carboxylic acids is 1. The van der Waals surface area contributed by atoms with E-state index in [0.717, 1.165) is 36.1 Å². The van der Waals surface area contributed by atoms with Crippen LogP contribution in [0.4, 0.5) is 5.69 Å². The second kappa shape index (κ2) is 9.88. The van der Waals surface area contributed by atoms with Crippen LogP contribution in [0.25, 0.3) is 0 Å². The Morgan fingerprint density at radius 1 is 1.09 bits per heavy atom. The van der Waals surface area contributed by atoms with Crippen molar-refractivity contribution in [3.8, 4) is 0 Å². The van der Waals surface area contributed by atoms with Gasteiger partial charge in [-0.3, -0.25) is 9.69 Å². The summed E-state index contributed by atoms with van der Waals surface area (Å²) in [5.74, 6) is 1.06. The molecule has 0 spiro atoms. The van der Waals surface area contributed by atoms with Gasteiger partial charge >= 0.3 is 0 Å². The molecule has 32 heavy (non-hydrogen) atoms. The van der Waals surface area contributed by atoms with E-state index in [0.29, 0.717) is 6.54 Å². The number of anilines is 1. The Balaban J connectivity index is 1.60. The first kappa shape index (κ1) is 22.6. The molecule has 7 heteroatoms. The summed E-state index contributed by atoms with van der Waals surface area (Å²) < 4.78 is 2.18. The van der Waals surface area contributed by atoms with E-state index in [1.165, 1.54) is 22.9 Å². The molecule has 0 bridgehead atoms. The minimum absolute atomic E-state index is 0.121. The minimum Gasteiger partial charge on any atom is -0.311 e. The second-order valence-electron chi connectivity index (χ2n) is 8.43. The monoisotopic (exact) mass is 449 g/mol. The van der Waals surface area contributed by atoms with E-state index in [4.69, 9.17) is 0 Å². The summed E-state index contributed by atoms with van der Waals surface area (Å²) in [5, 5.41) is 9.64. The van der Waals surface area contributed by atoms with Crippen molar-refractivity contribution in [3.05, 3.63) is 71.5 Å². The van der Waals surface area contributed by atoms with Gasteiger partial charge in [-0.25, -0.2) is 0 Å². The maximum absolute atomic E-state index is 13.3. The lowest BCUT2D eigenvalue weighted by Gasteiger charge is -2.24. The molecule has 3 aromatic rings. The topological polar surface area (TPSA) is 54.3 Å². The summed E-state index contributed by atoms with van der Waals surface area (Å²) in [6.45, 7) is 5.56. The van der Waals surface area contributed by atoms with Crippen LogP contribution in [0.5, 0.6) is 0 Å². The molecule has 1 aromatic heterocycles. The van der Waals surface area contributed by atoms with Crippen molar-refractivity contribution in [2.45, 2.75) is 49.7 Å². The average molecular weight is 450 g/mol. The number of benzene rings is 2. The summed E-state index contributed by atoms with van der Waals surface area (Å²) in [5.41, 5.74) is 3.47. The number of aromatic nitrogens is 3. The first-order valence-electron chi connectivity index (χ1n) is 11.2. The molecular weight excluding hydrogens is 418 g/mol. The zero-order chi connectivity index (χ0) is 22.7. The Hall–Kier alpha value is -2.64. The van der Waals surface area contributed by atoms with Gasteiger partial charge in [0.25, 0.3) is 0 Å². The molecule has 1 aliphatic rings. The molecular formula is C25H31N5OS. The molecule has 0 aliphatic carbocycles. The fourth-order valence-electron chi connectivity index (χ4n) is 4.32. The summed E-state index contributed by atoms with van der Waals surface area (Å²) in [6, 6.07) is 18.7. The van der Waals surface area contributed by atoms with Gasteiger partial charge in [-0.05, 0) is 51.1 Å². The lowest BCUT2D eigenvalue weighted by molar-refractivity contribution is -0.117. The Kier molecular flexibility index (Phi) is 6.96. The number of nitrogens with zero attached hydrogens (tertiary/aromatic N) is 5. The highest BCUT2D eigenvalue weighted by atomic mass is 32.2. The smallest absolute Gasteiger partial charge is 0.240 e. The Morgan fingerprint density at radius 3 is 2.53 bits per heavy atom. The van der Waals surface area contributed by atoms with E-state index in [1.807, 2.05) is 48.2 Å². The SMILES string of the molecule is CC[C@@H](c1nnc(S[C@H](C)C(=O)N2CCc3ccccc32)n1Cc1ccccc1)N(C)C. The van der Waals surface area contributed by atoms with Crippen molar-refractivity contribution >= 4 is 23.4 Å². The number of amides is 1. The molecule has 168 valence electrons. The molecule has 0 saturated heterocycles. The Bertz CT molecular complexity index is 1070. The van der Waals surface area contributed by atoms with Crippen molar-refractivity contribution in [3.63, 3.8) is 0 Å². The summed E-state index contributed by atoms with van der Waals surface area (Å²) in [7, 11) is 4.14. The van der Waals surface area contributed by atoms with Gasteiger partial charge in [0.1, 0.15) is 0 Å². The fraction of sp³-hybridized carbons (Fsp3) is 0.400. The zero-order valence-corrected chi connectivity index (χ0v) is 20.0. The largest absolute Gasteiger partial charge is 0.311 e. The number of carbonyl (C=O) groups is 1. The molecule has 1 amide bonds. The normalized spacial score (nSPS) is 15.1. The molecule has 6 nitrogen and oxygen atoms in total. The zero-order valence-electron chi connectivity index (χ0n) is 19.2. The van der Waals surface area contributed by atoms with Crippen LogP contribution in [-0.2, 0) is 17.8 Å². The van der Waals surface area contributed by atoms with E-state index in [1.54, 1.807) is 0 Å². The van der Waals surface area contributed by atoms with Crippen molar-refractivity contribution in [2.24, 2.45) is 0 Å². The lowest BCUT2D eigenvalue weighted by atomic mass is 10.2. The number of fused-ring (bicyclic) bond motifs is 1. The van der Waals surface area contributed by atoms with Crippen LogP contribution in [0.1, 0.15) is 43.3 Å². The van der Waals surface area contributed by atoms with Gasteiger partial charge < -0.3 is 9.47 Å². The molecule has 2 atom stereocenters. The quantitative estimate of drug-likeness (QED) is 0.477. The van der Waals surface area contributed by atoms with Crippen LogP contribution in [-0.4, -0.2) is 51.5 Å².